The minimum atomic E-state index is 0. The summed E-state index contributed by atoms with van der Waals surface area (Å²) in [5.41, 5.74) is 0.758. The second-order valence-electron chi connectivity index (χ2n) is 5.77. The highest BCUT2D eigenvalue weighted by Gasteiger charge is 2.27. The van der Waals surface area contributed by atoms with Crippen LogP contribution in [0.25, 0.3) is 11.0 Å². The highest BCUT2D eigenvalue weighted by Crippen LogP contribution is 2.25. The first-order chi connectivity index (χ1) is 10.7. The summed E-state index contributed by atoms with van der Waals surface area (Å²) in [4.78, 5) is 14.9. The van der Waals surface area contributed by atoms with Crippen molar-refractivity contribution in [3.05, 3.63) is 34.5 Å². The lowest BCUT2D eigenvalue weighted by atomic mass is 10.0. The lowest BCUT2D eigenvalue weighted by Crippen LogP contribution is -2.46. The van der Waals surface area contributed by atoms with Crippen LogP contribution >= 0.6 is 28.3 Å². The van der Waals surface area contributed by atoms with Gasteiger partial charge in [-0.15, -0.1) is 12.4 Å². The Morgan fingerprint density at radius 3 is 2.78 bits per heavy atom. The summed E-state index contributed by atoms with van der Waals surface area (Å²) in [7, 11) is 0. The van der Waals surface area contributed by atoms with E-state index in [-0.39, 0.29) is 18.3 Å². The van der Waals surface area contributed by atoms with Crippen molar-refractivity contribution in [2.75, 3.05) is 19.6 Å². The zero-order valence-electron chi connectivity index (χ0n) is 13.2. The third-order valence-electron chi connectivity index (χ3n) is 4.16. The van der Waals surface area contributed by atoms with E-state index in [4.69, 9.17) is 4.42 Å². The van der Waals surface area contributed by atoms with Crippen molar-refractivity contribution in [1.82, 2.24) is 10.2 Å². The lowest BCUT2D eigenvalue weighted by molar-refractivity contribution is 0.0612. The number of hydrogen-bond donors (Lipinski definition) is 1. The molecule has 1 fully saturated rings. The summed E-state index contributed by atoms with van der Waals surface area (Å²) in [5.74, 6) is 0.459. The SMILES string of the molecule is CCCN(C(=O)c1cc2cc(Br)ccc2o1)C1CCNCC1.Cl. The Morgan fingerprint density at radius 1 is 1.35 bits per heavy atom. The number of amides is 1. The van der Waals surface area contributed by atoms with Crippen molar-refractivity contribution >= 4 is 45.2 Å². The van der Waals surface area contributed by atoms with E-state index in [9.17, 15) is 4.79 Å². The second kappa shape index (κ2) is 8.18. The van der Waals surface area contributed by atoms with Gasteiger partial charge in [0.05, 0.1) is 0 Å². The molecule has 1 amide bonds. The molecule has 6 heteroatoms. The van der Waals surface area contributed by atoms with Gasteiger partial charge in [-0.2, -0.15) is 0 Å². The van der Waals surface area contributed by atoms with E-state index < -0.39 is 0 Å². The molecule has 4 nitrogen and oxygen atoms in total. The molecule has 2 heterocycles. The van der Waals surface area contributed by atoms with Crippen LogP contribution < -0.4 is 5.32 Å². The van der Waals surface area contributed by atoms with Gasteiger partial charge in [-0.1, -0.05) is 22.9 Å². The number of hydrogen-bond acceptors (Lipinski definition) is 3. The maximum absolute atomic E-state index is 12.9. The average molecular weight is 402 g/mol. The summed E-state index contributed by atoms with van der Waals surface area (Å²) in [5, 5.41) is 4.31. The van der Waals surface area contributed by atoms with Crippen molar-refractivity contribution < 1.29 is 9.21 Å². The second-order valence-corrected chi connectivity index (χ2v) is 6.69. The number of nitrogens with zero attached hydrogens (tertiary/aromatic N) is 1. The van der Waals surface area contributed by atoms with E-state index in [1.807, 2.05) is 29.2 Å². The number of piperidine rings is 1. The summed E-state index contributed by atoms with van der Waals surface area (Å²) in [6, 6.07) is 7.96. The number of benzene rings is 1. The number of furan rings is 1. The molecule has 1 aliphatic rings. The minimum Gasteiger partial charge on any atom is -0.451 e. The lowest BCUT2D eigenvalue weighted by Gasteiger charge is -2.34. The van der Waals surface area contributed by atoms with Crippen LogP contribution in [0.15, 0.2) is 33.2 Å². The van der Waals surface area contributed by atoms with Gasteiger partial charge in [-0.25, -0.2) is 0 Å². The fraction of sp³-hybridized carbons (Fsp3) is 0.471. The van der Waals surface area contributed by atoms with E-state index in [0.29, 0.717) is 11.8 Å². The summed E-state index contributed by atoms with van der Waals surface area (Å²) in [6.07, 6.45) is 2.98. The fourth-order valence-electron chi connectivity index (χ4n) is 3.07. The first kappa shape index (κ1) is 18.3. The van der Waals surface area contributed by atoms with Crippen LogP contribution in [0.4, 0.5) is 0 Å². The van der Waals surface area contributed by atoms with E-state index in [1.165, 1.54) is 0 Å². The van der Waals surface area contributed by atoms with Crippen LogP contribution in [0.3, 0.4) is 0 Å². The number of carbonyl (C=O) groups excluding carboxylic acids is 1. The molecule has 126 valence electrons. The Hall–Kier alpha value is -1.04. The highest BCUT2D eigenvalue weighted by atomic mass is 79.9. The maximum Gasteiger partial charge on any atom is 0.289 e. The van der Waals surface area contributed by atoms with Gasteiger partial charge in [0.2, 0.25) is 0 Å². The van der Waals surface area contributed by atoms with Gasteiger partial charge in [0.15, 0.2) is 5.76 Å². The van der Waals surface area contributed by atoms with Crippen LogP contribution in [0.1, 0.15) is 36.7 Å². The first-order valence-electron chi connectivity index (χ1n) is 7.90. The summed E-state index contributed by atoms with van der Waals surface area (Å²) in [6.45, 7) is 4.85. The first-order valence-corrected chi connectivity index (χ1v) is 8.69. The Labute approximate surface area is 151 Å². The predicted octanol–water partition coefficient (Wildman–Crippen LogP) is 4.22. The van der Waals surface area contributed by atoms with Gasteiger partial charge in [0, 0.05) is 22.4 Å². The zero-order valence-corrected chi connectivity index (χ0v) is 15.6. The van der Waals surface area contributed by atoms with Crippen molar-refractivity contribution in [1.29, 1.82) is 0 Å². The van der Waals surface area contributed by atoms with Crippen LogP contribution in [0.5, 0.6) is 0 Å². The Bertz CT molecular complexity index is 668. The Kier molecular flexibility index (Phi) is 6.50. The molecule has 23 heavy (non-hydrogen) atoms. The molecule has 0 radical (unpaired) electrons. The Morgan fingerprint density at radius 2 is 2.09 bits per heavy atom. The summed E-state index contributed by atoms with van der Waals surface area (Å²) >= 11 is 3.45. The van der Waals surface area contributed by atoms with Gasteiger partial charge < -0.3 is 14.6 Å². The summed E-state index contributed by atoms with van der Waals surface area (Å²) < 4.78 is 6.76. The Balaban J connectivity index is 0.00000192. The van der Waals surface area contributed by atoms with E-state index in [0.717, 1.165) is 54.3 Å². The molecule has 0 spiro atoms. The maximum atomic E-state index is 12.9. The topological polar surface area (TPSA) is 45.5 Å². The molecule has 0 bridgehead atoms. The van der Waals surface area contributed by atoms with E-state index >= 15 is 0 Å². The smallest absolute Gasteiger partial charge is 0.289 e. The van der Waals surface area contributed by atoms with E-state index in [1.54, 1.807) is 0 Å². The van der Waals surface area contributed by atoms with Gasteiger partial charge >= 0.3 is 0 Å². The molecule has 1 saturated heterocycles. The molecule has 1 aromatic heterocycles. The molecule has 2 aromatic rings. The molecule has 0 saturated carbocycles. The molecular formula is C17H22BrClN2O2. The number of carbonyl (C=O) groups is 1. The van der Waals surface area contributed by atoms with Crippen LogP contribution in [0, 0.1) is 0 Å². The molecule has 1 aromatic carbocycles. The van der Waals surface area contributed by atoms with Crippen molar-refractivity contribution in [2.45, 2.75) is 32.2 Å². The third-order valence-corrected chi connectivity index (χ3v) is 4.66. The van der Waals surface area contributed by atoms with Gasteiger partial charge in [-0.3, -0.25) is 4.79 Å². The molecule has 1 N–H and O–H groups in total. The van der Waals surface area contributed by atoms with E-state index in [2.05, 4.69) is 28.2 Å². The third kappa shape index (κ3) is 4.08. The zero-order chi connectivity index (χ0) is 15.5. The van der Waals surface area contributed by atoms with Crippen LogP contribution in [-0.4, -0.2) is 36.5 Å². The largest absolute Gasteiger partial charge is 0.451 e. The fourth-order valence-corrected chi connectivity index (χ4v) is 3.45. The minimum absolute atomic E-state index is 0. The van der Waals surface area contributed by atoms with Gasteiger partial charge in [-0.05, 0) is 56.6 Å². The molecule has 0 atom stereocenters. The quantitative estimate of drug-likeness (QED) is 0.834. The normalized spacial score (nSPS) is 15.4. The number of halogens is 2. The van der Waals surface area contributed by atoms with Crippen LogP contribution in [-0.2, 0) is 0 Å². The van der Waals surface area contributed by atoms with Crippen molar-refractivity contribution in [2.24, 2.45) is 0 Å². The molecule has 0 unspecified atom stereocenters. The number of rotatable bonds is 4. The monoisotopic (exact) mass is 400 g/mol. The molecule has 3 rings (SSSR count). The molecule has 0 aliphatic carbocycles. The predicted molar refractivity (Wildman–Crippen MR) is 98.4 cm³/mol. The number of nitrogens with one attached hydrogen (secondary N) is 1. The molecular weight excluding hydrogens is 380 g/mol. The van der Waals surface area contributed by atoms with Crippen molar-refractivity contribution in [3.8, 4) is 0 Å². The van der Waals surface area contributed by atoms with Crippen LogP contribution in [0.2, 0.25) is 0 Å². The van der Waals surface area contributed by atoms with Gasteiger partial charge in [0.1, 0.15) is 5.58 Å². The average Bonchev–Trinajstić information content (AvgIpc) is 2.96. The highest BCUT2D eigenvalue weighted by molar-refractivity contribution is 9.10. The number of fused-ring (bicyclic) bond motifs is 1. The van der Waals surface area contributed by atoms with Crippen molar-refractivity contribution in [3.63, 3.8) is 0 Å². The molecule has 1 aliphatic heterocycles. The van der Waals surface area contributed by atoms with Gasteiger partial charge in [0.25, 0.3) is 5.91 Å². The standard InChI is InChI=1S/C17H21BrN2O2.ClH/c1-2-9-20(14-5-7-19-8-6-14)17(21)16-11-12-10-13(18)3-4-15(12)22-16;/h3-4,10-11,14,19H,2,5-9H2,1H3;1H.